The molecular weight excluding hydrogens is 432 g/mol. The highest BCUT2D eigenvalue weighted by atomic mass is 32.1. The summed E-state index contributed by atoms with van der Waals surface area (Å²) in [6.45, 7) is 4.92. The van der Waals surface area contributed by atoms with Gasteiger partial charge in [-0.25, -0.2) is 4.98 Å². The number of hydrogen-bond donors (Lipinski definition) is 2. The molecule has 2 unspecified atom stereocenters. The number of nitrogens with zero attached hydrogens (tertiary/aromatic N) is 3. The van der Waals surface area contributed by atoms with Gasteiger partial charge in [0.1, 0.15) is 23.6 Å². The summed E-state index contributed by atoms with van der Waals surface area (Å²) in [7, 11) is 0. The van der Waals surface area contributed by atoms with Gasteiger partial charge in [0, 0.05) is 49.1 Å². The van der Waals surface area contributed by atoms with Gasteiger partial charge in [-0.2, -0.15) is 0 Å². The summed E-state index contributed by atoms with van der Waals surface area (Å²) in [4.78, 5) is 32.5. The van der Waals surface area contributed by atoms with Crippen LogP contribution in [0, 0.1) is 0 Å². The molecule has 2 amide bonds. The first-order valence-corrected chi connectivity index (χ1v) is 11.7. The van der Waals surface area contributed by atoms with E-state index in [1.165, 1.54) is 0 Å². The second-order valence-electron chi connectivity index (χ2n) is 8.25. The van der Waals surface area contributed by atoms with Crippen LogP contribution in [-0.4, -0.2) is 64.0 Å². The van der Waals surface area contributed by atoms with Crippen molar-refractivity contribution in [2.24, 2.45) is 0 Å². The highest BCUT2D eigenvalue weighted by Crippen LogP contribution is 2.39. The van der Waals surface area contributed by atoms with E-state index in [0.29, 0.717) is 25.3 Å². The topological polar surface area (TPSA) is 104 Å². The Kier molecular flexibility index (Phi) is 6.20. The van der Waals surface area contributed by atoms with Crippen LogP contribution in [-0.2, 0) is 34.0 Å². The number of morpholine rings is 1. The van der Waals surface area contributed by atoms with Crippen molar-refractivity contribution in [3.63, 3.8) is 0 Å². The average Bonchev–Trinajstić information content (AvgIpc) is 3.38. The molecule has 0 spiro atoms. The molecule has 2 atom stereocenters. The average molecular weight is 459 g/mol. The van der Waals surface area contributed by atoms with Crippen LogP contribution in [0.2, 0.25) is 0 Å². The molecule has 2 saturated heterocycles. The molecule has 0 saturated carbocycles. The molecule has 0 aliphatic carbocycles. The van der Waals surface area contributed by atoms with Gasteiger partial charge in [-0.3, -0.25) is 24.7 Å². The zero-order chi connectivity index (χ0) is 22.1. The second kappa shape index (κ2) is 9.24. The first kappa shape index (κ1) is 21.5. The summed E-state index contributed by atoms with van der Waals surface area (Å²) >= 11 is 1.58. The molecular formula is C22H26N4O5S. The molecule has 10 heteroatoms. The van der Waals surface area contributed by atoms with E-state index in [0.717, 1.165) is 54.7 Å². The Labute approximate surface area is 189 Å². The van der Waals surface area contributed by atoms with Crippen molar-refractivity contribution in [3.8, 4) is 5.75 Å². The SMILES string of the molecule is O=C1CCC(N2Cc3c(OCc4nc(CN5CCOCC5)cs4)cccc3C2O)C(=O)N1. The van der Waals surface area contributed by atoms with Crippen molar-refractivity contribution in [2.45, 2.75) is 44.8 Å². The lowest BCUT2D eigenvalue weighted by atomic mass is 10.0. The van der Waals surface area contributed by atoms with Gasteiger partial charge in [0.05, 0.1) is 24.9 Å². The monoisotopic (exact) mass is 458 g/mol. The van der Waals surface area contributed by atoms with Gasteiger partial charge in [-0.15, -0.1) is 11.3 Å². The van der Waals surface area contributed by atoms with Crippen LogP contribution in [0.3, 0.4) is 0 Å². The minimum Gasteiger partial charge on any atom is -0.486 e. The molecule has 2 aromatic rings. The van der Waals surface area contributed by atoms with E-state index in [-0.39, 0.29) is 18.2 Å². The summed E-state index contributed by atoms with van der Waals surface area (Å²) < 4.78 is 11.5. The molecule has 1 aromatic heterocycles. The van der Waals surface area contributed by atoms with Crippen LogP contribution in [0.5, 0.6) is 5.75 Å². The Morgan fingerprint density at radius 2 is 2.12 bits per heavy atom. The van der Waals surface area contributed by atoms with Gasteiger partial charge in [0.25, 0.3) is 0 Å². The van der Waals surface area contributed by atoms with E-state index in [4.69, 9.17) is 14.5 Å². The molecule has 1 aromatic carbocycles. The summed E-state index contributed by atoms with van der Waals surface area (Å²) in [5.41, 5.74) is 2.64. The Hall–Kier alpha value is -2.37. The lowest BCUT2D eigenvalue weighted by Gasteiger charge is -2.31. The Morgan fingerprint density at radius 3 is 2.94 bits per heavy atom. The summed E-state index contributed by atoms with van der Waals surface area (Å²) in [5.74, 6) is 0.0605. The number of thiazole rings is 1. The van der Waals surface area contributed by atoms with E-state index < -0.39 is 12.3 Å². The van der Waals surface area contributed by atoms with E-state index >= 15 is 0 Å². The number of aliphatic hydroxyl groups is 1. The van der Waals surface area contributed by atoms with Crippen molar-refractivity contribution >= 4 is 23.2 Å². The zero-order valence-corrected chi connectivity index (χ0v) is 18.5. The number of rotatable bonds is 6. The van der Waals surface area contributed by atoms with Crippen LogP contribution in [0.4, 0.5) is 0 Å². The maximum atomic E-state index is 12.3. The zero-order valence-electron chi connectivity index (χ0n) is 17.7. The van der Waals surface area contributed by atoms with Gasteiger partial charge in [-0.05, 0) is 12.5 Å². The van der Waals surface area contributed by atoms with Crippen LogP contribution < -0.4 is 10.1 Å². The van der Waals surface area contributed by atoms with Gasteiger partial charge in [-0.1, -0.05) is 12.1 Å². The normalized spacial score (nSPS) is 24.4. The highest BCUT2D eigenvalue weighted by molar-refractivity contribution is 7.09. The van der Waals surface area contributed by atoms with Gasteiger partial charge in [0.15, 0.2) is 0 Å². The Balaban J connectivity index is 1.24. The van der Waals surface area contributed by atoms with Crippen molar-refractivity contribution in [1.82, 2.24) is 20.1 Å². The summed E-state index contributed by atoms with van der Waals surface area (Å²) in [6.07, 6.45) is -0.231. The molecule has 32 heavy (non-hydrogen) atoms. The number of nitrogens with one attached hydrogen (secondary N) is 1. The molecule has 0 bridgehead atoms. The number of amides is 2. The number of carbonyl (C=O) groups is 2. The minimum atomic E-state index is -0.905. The lowest BCUT2D eigenvalue weighted by molar-refractivity contribution is -0.141. The van der Waals surface area contributed by atoms with E-state index in [9.17, 15) is 14.7 Å². The first-order valence-electron chi connectivity index (χ1n) is 10.8. The van der Waals surface area contributed by atoms with Gasteiger partial charge < -0.3 is 14.6 Å². The predicted molar refractivity (Wildman–Crippen MR) is 116 cm³/mol. The minimum absolute atomic E-state index is 0.266. The summed E-state index contributed by atoms with van der Waals surface area (Å²) in [5, 5.41) is 16.2. The van der Waals surface area contributed by atoms with Crippen molar-refractivity contribution in [1.29, 1.82) is 0 Å². The quantitative estimate of drug-likeness (QED) is 0.622. The van der Waals surface area contributed by atoms with Crippen molar-refractivity contribution in [2.75, 3.05) is 26.3 Å². The Bertz CT molecular complexity index is 1010. The van der Waals surface area contributed by atoms with Crippen LogP contribution >= 0.6 is 11.3 Å². The second-order valence-corrected chi connectivity index (χ2v) is 9.19. The number of aromatic nitrogens is 1. The fourth-order valence-electron chi connectivity index (χ4n) is 4.47. The van der Waals surface area contributed by atoms with Gasteiger partial charge in [0.2, 0.25) is 11.8 Å². The Morgan fingerprint density at radius 1 is 1.28 bits per heavy atom. The first-order chi connectivity index (χ1) is 15.6. The standard InChI is InChI=1S/C22H26N4O5S/c27-19-5-4-17(21(28)24-19)26-11-16-15(22(26)29)2-1-3-18(16)31-12-20-23-14(13-32-20)10-25-6-8-30-9-7-25/h1-3,13,17,22,29H,4-12H2,(H,24,27,28). The maximum Gasteiger partial charge on any atom is 0.244 e. The summed E-state index contributed by atoms with van der Waals surface area (Å²) in [6, 6.07) is 5.03. The number of hydrogen-bond acceptors (Lipinski definition) is 9. The lowest BCUT2D eigenvalue weighted by Crippen LogP contribution is -2.51. The third-order valence-corrected chi connectivity index (χ3v) is 7.02. The fraction of sp³-hybridized carbons (Fsp3) is 0.500. The molecule has 9 nitrogen and oxygen atoms in total. The highest BCUT2D eigenvalue weighted by Gasteiger charge is 2.40. The molecule has 2 fully saturated rings. The molecule has 5 rings (SSSR count). The van der Waals surface area contributed by atoms with Crippen molar-refractivity contribution in [3.05, 3.63) is 45.4 Å². The van der Waals surface area contributed by atoms with E-state index in [2.05, 4.69) is 15.6 Å². The van der Waals surface area contributed by atoms with E-state index in [1.54, 1.807) is 16.2 Å². The number of aliphatic hydroxyl groups excluding tert-OH is 1. The molecule has 4 heterocycles. The van der Waals surface area contributed by atoms with Crippen LogP contribution in [0.25, 0.3) is 0 Å². The third kappa shape index (κ3) is 4.41. The number of imide groups is 1. The molecule has 0 radical (unpaired) electrons. The third-order valence-electron chi connectivity index (χ3n) is 6.15. The number of piperidine rings is 1. The van der Waals surface area contributed by atoms with Crippen LogP contribution in [0.1, 0.15) is 40.9 Å². The largest absolute Gasteiger partial charge is 0.486 e. The maximum absolute atomic E-state index is 12.3. The molecule has 3 aliphatic heterocycles. The smallest absolute Gasteiger partial charge is 0.244 e. The number of fused-ring (bicyclic) bond motifs is 1. The molecule has 170 valence electrons. The number of carbonyl (C=O) groups excluding carboxylic acids is 2. The van der Waals surface area contributed by atoms with Gasteiger partial charge >= 0.3 is 0 Å². The predicted octanol–water partition coefficient (Wildman–Crippen LogP) is 1.17. The molecule has 2 N–H and O–H groups in total. The fourth-order valence-corrected chi connectivity index (χ4v) is 5.17. The molecule has 3 aliphatic rings. The number of benzene rings is 1. The number of ether oxygens (including phenoxy) is 2. The van der Waals surface area contributed by atoms with E-state index in [1.807, 2.05) is 18.2 Å². The van der Waals surface area contributed by atoms with Crippen LogP contribution in [0.15, 0.2) is 23.6 Å². The van der Waals surface area contributed by atoms with Crippen molar-refractivity contribution < 1.29 is 24.2 Å².